The van der Waals surface area contributed by atoms with Gasteiger partial charge in [-0.15, -0.1) is 0 Å². The van der Waals surface area contributed by atoms with E-state index in [1.54, 1.807) is 9.58 Å². The summed E-state index contributed by atoms with van der Waals surface area (Å²) in [7, 11) is 3.74. The first-order valence-corrected chi connectivity index (χ1v) is 10.3. The van der Waals surface area contributed by atoms with Gasteiger partial charge in [-0.25, -0.2) is 4.79 Å². The Labute approximate surface area is 168 Å². The lowest BCUT2D eigenvalue weighted by Crippen LogP contribution is -2.43. The molecule has 28 heavy (non-hydrogen) atoms. The third-order valence-corrected chi connectivity index (χ3v) is 5.58. The van der Waals surface area contributed by atoms with Gasteiger partial charge in [0.05, 0.1) is 18.3 Å². The zero-order valence-electron chi connectivity index (χ0n) is 17.4. The molecular formula is C22H33N5O. The van der Waals surface area contributed by atoms with E-state index in [0.717, 1.165) is 24.3 Å². The molecule has 2 amide bonds. The average Bonchev–Trinajstić information content (AvgIpc) is 2.88. The minimum absolute atomic E-state index is 0.0426. The van der Waals surface area contributed by atoms with Crippen LogP contribution in [0.1, 0.15) is 48.5 Å². The summed E-state index contributed by atoms with van der Waals surface area (Å²) < 4.78 is 1.79. The summed E-state index contributed by atoms with van der Waals surface area (Å²) in [5.74, 6) is 0. The van der Waals surface area contributed by atoms with E-state index in [2.05, 4.69) is 39.6 Å². The van der Waals surface area contributed by atoms with Crippen LogP contribution >= 0.6 is 0 Å². The van der Waals surface area contributed by atoms with E-state index in [1.807, 2.05) is 33.3 Å². The van der Waals surface area contributed by atoms with Gasteiger partial charge in [0.25, 0.3) is 0 Å². The molecule has 0 radical (unpaired) electrons. The molecule has 0 bridgehead atoms. The zero-order chi connectivity index (χ0) is 19.9. The number of benzene rings is 1. The molecule has 2 aromatic rings. The normalized spacial score (nSPS) is 16.4. The Morgan fingerprint density at radius 1 is 1.18 bits per heavy atom. The van der Waals surface area contributed by atoms with Crippen LogP contribution in [0.25, 0.3) is 0 Å². The van der Waals surface area contributed by atoms with Crippen molar-refractivity contribution in [2.75, 3.05) is 26.7 Å². The fourth-order valence-corrected chi connectivity index (χ4v) is 3.99. The maximum absolute atomic E-state index is 12.7. The van der Waals surface area contributed by atoms with Crippen molar-refractivity contribution in [2.24, 2.45) is 7.05 Å². The van der Waals surface area contributed by atoms with Crippen LogP contribution in [0.2, 0.25) is 0 Å². The standard InChI is InChI=1S/C22H33N5O/c1-18-20(17-26(3)24-18)16-25(2)22(28)23-15-21(19-11-7-6-8-12-19)27-13-9-4-5-10-14-27/h6-8,11-12,17,21H,4-5,9-10,13-16H2,1-3H3,(H,23,28). The second-order valence-corrected chi connectivity index (χ2v) is 7.83. The maximum atomic E-state index is 12.7. The van der Waals surface area contributed by atoms with Crippen molar-refractivity contribution >= 4 is 6.03 Å². The number of likely N-dealkylation sites (tertiary alicyclic amines) is 1. The maximum Gasteiger partial charge on any atom is 0.317 e. The molecule has 1 fully saturated rings. The number of carbonyl (C=O) groups excluding carboxylic acids is 1. The van der Waals surface area contributed by atoms with Gasteiger partial charge < -0.3 is 10.2 Å². The molecule has 0 spiro atoms. The van der Waals surface area contributed by atoms with Crippen LogP contribution in [0.4, 0.5) is 4.79 Å². The Morgan fingerprint density at radius 3 is 2.46 bits per heavy atom. The van der Waals surface area contributed by atoms with E-state index in [-0.39, 0.29) is 12.1 Å². The number of nitrogens with one attached hydrogen (secondary N) is 1. The third kappa shape index (κ3) is 5.35. The summed E-state index contributed by atoms with van der Waals surface area (Å²) in [6, 6.07) is 10.7. The van der Waals surface area contributed by atoms with Crippen LogP contribution < -0.4 is 5.32 Å². The fourth-order valence-electron chi connectivity index (χ4n) is 3.99. The molecule has 1 aliphatic rings. The molecule has 1 saturated heterocycles. The highest BCUT2D eigenvalue weighted by atomic mass is 16.2. The van der Waals surface area contributed by atoms with Gasteiger partial charge >= 0.3 is 6.03 Å². The van der Waals surface area contributed by atoms with Gasteiger partial charge in [0, 0.05) is 32.4 Å². The Kier molecular flexibility index (Phi) is 7.09. The third-order valence-electron chi connectivity index (χ3n) is 5.58. The topological polar surface area (TPSA) is 53.4 Å². The number of nitrogens with zero attached hydrogens (tertiary/aromatic N) is 4. The zero-order valence-corrected chi connectivity index (χ0v) is 17.4. The molecule has 1 N–H and O–H groups in total. The summed E-state index contributed by atoms with van der Waals surface area (Å²) >= 11 is 0. The van der Waals surface area contributed by atoms with E-state index >= 15 is 0 Å². The molecule has 6 heteroatoms. The number of aryl methyl sites for hydroxylation is 2. The summed E-state index contributed by atoms with van der Waals surface area (Å²) in [5, 5.41) is 7.52. The highest BCUT2D eigenvalue weighted by Gasteiger charge is 2.23. The van der Waals surface area contributed by atoms with Crippen molar-refractivity contribution in [3.05, 3.63) is 53.3 Å². The van der Waals surface area contributed by atoms with E-state index in [9.17, 15) is 4.79 Å². The summed E-state index contributed by atoms with van der Waals surface area (Å²) in [6.45, 7) is 5.36. The van der Waals surface area contributed by atoms with Crippen molar-refractivity contribution in [3.8, 4) is 0 Å². The molecular weight excluding hydrogens is 350 g/mol. The van der Waals surface area contributed by atoms with Crippen molar-refractivity contribution in [1.29, 1.82) is 0 Å². The van der Waals surface area contributed by atoms with Crippen LogP contribution in [0.5, 0.6) is 0 Å². The smallest absolute Gasteiger partial charge is 0.317 e. The number of aromatic nitrogens is 2. The molecule has 1 atom stereocenters. The first-order chi connectivity index (χ1) is 13.5. The molecule has 3 rings (SSSR count). The molecule has 1 aromatic carbocycles. The van der Waals surface area contributed by atoms with Crippen LogP contribution in [0, 0.1) is 6.92 Å². The van der Waals surface area contributed by atoms with Gasteiger partial charge in [-0.2, -0.15) is 5.10 Å². The van der Waals surface area contributed by atoms with Gasteiger partial charge in [-0.05, 0) is 38.4 Å². The molecule has 6 nitrogen and oxygen atoms in total. The summed E-state index contributed by atoms with van der Waals surface area (Å²) in [5.41, 5.74) is 3.32. The van der Waals surface area contributed by atoms with Crippen molar-refractivity contribution in [2.45, 2.75) is 45.2 Å². The quantitative estimate of drug-likeness (QED) is 0.831. The Bertz CT molecular complexity index is 750. The highest BCUT2D eigenvalue weighted by molar-refractivity contribution is 5.73. The van der Waals surface area contributed by atoms with Crippen molar-refractivity contribution in [1.82, 2.24) is 24.9 Å². The number of hydrogen-bond acceptors (Lipinski definition) is 3. The second-order valence-electron chi connectivity index (χ2n) is 7.83. The van der Waals surface area contributed by atoms with Crippen LogP contribution in [-0.2, 0) is 13.6 Å². The highest BCUT2D eigenvalue weighted by Crippen LogP contribution is 2.23. The number of carbonyl (C=O) groups is 1. The minimum Gasteiger partial charge on any atom is -0.336 e. The van der Waals surface area contributed by atoms with E-state index in [4.69, 9.17) is 0 Å². The summed E-state index contributed by atoms with van der Waals surface area (Å²) in [6.07, 6.45) is 7.05. The molecule has 2 heterocycles. The minimum atomic E-state index is -0.0426. The van der Waals surface area contributed by atoms with Gasteiger partial charge in [-0.1, -0.05) is 43.2 Å². The lowest BCUT2D eigenvalue weighted by atomic mass is 10.0. The largest absolute Gasteiger partial charge is 0.336 e. The second kappa shape index (κ2) is 9.73. The Balaban J connectivity index is 1.63. The summed E-state index contributed by atoms with van der Waals surface area (Å²) in [4.78, 5) is 17.0. The van der Waals surface area contributed by atoms with Crippen LogP contribution in [-0.4, -0.2) is 52.3 Å². The van der Waals surface area contributed by atoms with Gasteiger partial charge in [-0.3, -0.25) is 9.58 Å². The number of amides is 2. The van der Waals surface area contributed by atoms with Crippen molar-refractivity contribution < 1.29 is 4.79 Å². The lowest BCUT2D eigenvalue weighted by molar-refractivity contribution is 0.183. The number of hydrogen-bond donors (Lipinski definition) is 1. The van der Waals surface area contributed by atoms with Gasteiger partial charge in [0.1, 0.15) is 0 Å². The molecule has 1 unspecified atom stereocenters. The first-order valence-electron chi connectivity index (χ1n) is 10.3. The van der Waals surface area contributed by atoms with Crippen molar-refractivity contribution in [3.63, 3.8) is 0 Å². The number of urea groups is 1. The monoisotopic (exact) mass is 383 g/mol. The molecule has 1 aromatic heterocycles. The Hall–Kier alpha value is -2.34. The first kappa shape index (κ1) is 20.4. The van der Waals surface area contributed by atoms with E-state index in [1.165, 1.54) is 31.2 Å². The predicted octanol–water partition coefficient (Wildman–Crippen LogP) is 3.49. The SMILES string of the molecule is Cc1nn(C)cc1CN(C)C(=O)NCC(c1ccccc1)N1CCCCCC1. The average molecular weight is 384 g/mol. The molecule has 0 aliphatic carbocycles. The molecule has 0 saturated carbocycles. The van der Waals surface area contributed by atoms with E-state index < -0.39 is 0 Å². The molecule has 1 aliphatic heterocycles. The fraction of sp³-hybridized carbons (Fsp3) is 0.545. The van der Waals surface area contributed by atoms with E-state index in [0.29, 0.717) is 13.1 Å². The molecule has 152 valence electrons. The predicted molar refractivity (Wildman–Crippen MR) is 112 cm³/mol. The van der Waals surface area contributed by atoms with Crippen LogP contribution in [0.15, 0.2) is 36.5 Å². The van der Waals surface area contributed by atoms with Crippen LogP contribution in [0.3, 0.4) is 0 Å². The Morgan fingerprint density at radius 2 is 1.86 bits per heavy atom. The van der Waals surface area contributed by atoms with Gasteiger partial charge in [0.15, 0.2) is 0 Å². The number of rotatable bonds is 6. The lowest BCUT2D eigenvalue weighted by Gasteiger charge is -2.32. The van der Waals surface area contributed by atoms with Gasteiger partial charge in [0.2, 0.25) is 0 Å².